The molecule has 1 aromatic heterocycles. The molecule has 0 aliphatic carbocycles. The number of sulfonamides is 1. The van der Waals surface area contributed by atoms with Gasteiger partial charge in [0.25, 0.3) is 15.9 Å². The Kier molecular flexibility index (Phi) is 6.17. The molecule has 9 nitrogen and oxygen atoms in total. The van der Waals surface area contributed by atoms with Gasteiger partial charge in [0.2, 0.25) is 0 Å². The van der Waals surface area contributed by atoms with Crippen molar-refractivity contribution in [1.82, 2.24) is 4.72 Å². The van der Waals surface area contributed by atoms with Gasteiger partial charge in [-0.3, -0.25) is 9.59 Å². The Morgan fingerprint density at radius 3 is 2.68 bits per heavy atom. The van der Waals surface area contributed by atoms with Gasteiger partial charge < -0.3 is 19.5 Å². The number of carbonyl (C=O) groups excluding carboxylic acids is 2. The number of fused-ring (bicyclic) bond motifs is 1. The number of anilines is 1. The summed E-state index contributed by atoms with van der Waals surface area (Å²) in [5.74, 6) is -0.338. The predicted octanol–water partition coefficient (Wildman–Crippen LogP) is 1.37. The van der Waals surface area contributed by atoms with Crippen LogP contribution in [0.15, 0.2) is 39.9 Å². The highest BCUT2D eigenvalue weighted by atomic mass is 32.2. The van der Waals surface area contributed by atoms with Gasteiger partial charge in [-0.05, 0) is 30.5 Å². The summed E-state index contributed by atoms with van der Waals surface area (Å²) in [4.78, 5) is 24.1. The molecule has 1 amide bonds. The first-order valence-electron chi connectivity index (χ1n) is 8.28. The number of amides is 1. The number of hydrogen-bond acceptors (Lipinski definition) is 8. The van der Waals surface area contributed by atoms with Crippen LogP contribution in [0.2, 0.25) is 0 Å². The fourth-order valence-corrected chi connectivity index (χ4v) is 4.31. The van der Waals surface area contributed by atoms with Crippen LogP contribution in [0.25, 0.3) is 0 Å². The summed E-state index contributed by atoms with van der Waals surface area (Å²) in [5.41, 5.74) is 0.454. The molecule has 0 radical (unpaired) electrons. The molecule has 0 spiro atoms. The van der Waals surface area contributed by atoms with E-state index in [0.29, 0.717) is 30.4 Å². The summed E-state index contributed by atoms with van der Waals surface area (Å²) >= 11 is 1.03. The van der Waals surface area contributed by atoms with E-state index in [0.717, 1.165) is 11.3 Å². The zero-order chi connectivity index (χ0) is 20.1. The molecule has 1 atom stereocenters. The molecule has 0 saturated carbocycles. The minimum Gasteiger partial charge on any atom is -0.486 e. The van der Waals surface area contributed by atoms with Crippen molar-refractivity contribution >= 4 is 38.9 Å². The maximum Gasteiger partial charge on any atom is 0.321 e. The summed E-state index contributed by atoms with van der Waals surface area (Å²) in [6.45, 7) is 1.68. The second kappa shape index (κ2) is 8.59. The van der Waals surface area contributed by atoms with Crippen LogP contribution >= 0.6 is 11.3 Å². The van der Waals surface area contributed by atoms with Gasteiger partial charge >= 0.3 is 5.97 Å². The van der Waals surface area contributed by atoms with Crippen molar-refractivity contribution in [3.63, 3.8) is 0 Å². The second-order valence-corrected chi connectivity index (χ2v) is 8.68. The van der Waals surface area contributed by atoms with E-state index in [2.05, 4.69) is 10.0 Å². The molecular formula is C17H18N2O7S2. The average molecular weight is 426 g/mol. The van der Waals surface area contributed by atoms with E-state index in [1.165, 1.54) is 13.0 Å². The number of carbonyl (C=O) groups is 2. The van der Waals surface area contributed by atoms with Gasteiger partial charge in [-0.25, -0.2) is 8.42 Å². The Morgan fingerprint density at radius 1 is 1.21 bits per heavy atom. The SMILES string of the molecule is CC(OC(=O)CNS(=O)(=O)c1cccs1)C(=O)Nc1ccc2c(c1)OCCO2. The van der Waals surface area contributed by atoms with Gasteiger partial charge in [-0.2, -0.15) is 4.72 Å². The molecule has 3 rings (SSSR count). The van der Waals surface area contributed by atoms with Gasteiger partial charge in [-0.1, -0.05) is 6.07 Å². The molecule has 0 fully saturated rings. The van der Waals surface area contributed by atoms with Crippen molar-refractivity contribution in [1.29, 1.82) is 0 Å². The summed E-state index contributed by atoms with van der Waals surface area (Å²) in [7, 11) is -3.78. The average Bonchev–Trinajstić information content (AvgIpc) is 3.22. The standard InChI is InChI=1S/C17H18N2O7S2/c1-11(26-15(20)10-18-28(22,23)16-3-2-8-27-16)17(21)19-12-4-5-13-14(9-12)25-7-6-24-13/h2-5,8-9,11,18H,6-7,10H2,1H3,(H,19,21). The smallest absolute Gasteiger partial charge is 0.321 e. The molecule has 28 heavy (non-hydrogen) atoms. The molecule has 2 N–H and O–H groups in total. The summed E-state index contributed by atoms with van der Waals surface area (Å²) in [5, 5.41) is 4.21. The fourth-order valence-electron chi connectivity index (χ4n) is 2.30. The van der Waals surface area contributed by atoms with Crippen molar-refractivity contribution in [3.05, 3.63) is 35.7 Å². The summed E-state index contributed by atoms with van der Waals surface area (Å²) in [6, 6.07) is 7.91. The first-order chi connectivity index (χ1) is 13.3. The molecule has 0 saturated heterocycles. The van der Waals surface area contributed by atoms with E-state index in [-0.39, 0.29) is 4.21 Å². The molecular weight excluding hydrogens is 408 g/mol. The van der Waals surface area contributed by atoms with Crippen molar-refractivity contribution in [2.75, 3.05) is 25.1 Å². The van der Waals surface area contributed by atoms with Crippen LogP contribution in [0.4, 0.5) is 5.69 Å². The van der Waals surface area contributed by atoms with Crippen LogP contribution in [0.3, 0.4) is 0 Å². The molecule has 11 heteroatoms. The number of benzene rings is 1. The van der Waals surface area contributed by atoms with Gasteiger partial charge in [0, 0.05) is 11.8 Å². The van der Waals surface area contributed by atoms with Gasteiger partial charge in [0.15, 0.2) is 17.6 Å². The highest BCUT2D eigenvalue weighted by Gasteiger charge is 2.22. The number of hydrogen-bond donors (Lipinski definition) is 2. The molecule has 1 unspecified atom stereocenters. The topological polar surface area (TPSA) is 120 Å². The Labute approximate surface area is 165 Å². The van der Waals surface area contributed by atoms with E-state index >= 15 is 0 Å². The molecule has 1 aliphatic rings. The normalized spacial score (nSPS) is 14.2. The molecule has 1 aromatic carbocycles. The van der Waals surface area contributed by atoms with E-state index in [9.17, 15) is 18.0 Å². The van der Waals surface area contributed by atoms with E-state index in [4.69, 9.17) is 14.2 Å². The number of esters is 1. The van der Waals surface area contributed by atoms with Crippen molar-refractivity contribution in [2.24, 2.45) is 0 Å². The molecule has 1 aliphatic heterocycles. The number of thiophene rings is 1. The second-order valence-electron chi connectivity index (χ2n) is 5.74. The van der Waals surface area contributed by atoms with E-state index in [1.54, 1.807) is 29.6 Å². The lowest BCUT2D eigenvalue weighted by Crippen LogP contribution is -2.35. The lowest BCUT2D eigenvalue weighted by Gasteiger charge is -2.19. The van der Waals surface area contributed by atoms with Crippen LogP contribution < -0.4 is 19.5 Å². The van der Waals surface area contributed by atoms with Crippen LogP contribution in [0.1, 0.15) is 6.92 Å². The highest BCUT2D eigenvalue weighted by molar-refractivity contribution is 7.91. The van der Waals surface area contributed by atoms with E-state index < -0.39 is 34.5 Å². The maximum absolute atomic E-state index is 12.2. The van der Waals surface area contributed by atoms with Crippen LogP contribution in [-0.4, -0.2) is 46.2 Å². The quantitative estimate of drug-likeness (QED) is 0.642. The van der Waals surface area contributed by atoms with Crippen molar-refractivity contribution in [2.45, 2.75) is 17.2 Å². The fraction of sp³-hybridized carbons (Fsp3) is 0.294. The van der Waals surface area contributed by atoms with Gasteiger partial charge in [-0.15, -0.1) is 11.3 Å². The lowest BCUT2D eigenvalue weighted by molar-refractivity contribution is -0.151. The third kappa shape index (κ3) is 5.00. The summed E-state index contributed by atoms with van der Waals surface area (Å²) in [6.07, 6.45) is -1.12. The number of ether oxygens (including phenoxy) is 3. The first-order valence-corrected chi connectivity index (χ1v) is 10.6. The van der Waals surface area contributed by atoms with Crippen molar-refractivity contribution in [3.8, 4) is 11.5 Å². The molecule has 2 aromatic rings. The van der Waals surface area contributed by atoms with Crippen molar-refractivity contribution < 1.29 is 32.2 Å². The Balaban J connectivity index is 1.50. The zero-order valence-corrected chi connectivity index (χ0v) is 16.5. The Morgan fingerprint density at radius 2 is 1.96 bits per heavy atom. The predicted molar refractivity (Wildman–Crippen MR) is 101 cm³/mol. The number of nitrogens with one attached hydrogen (secondary N) is 2. The minimum absolute atomic E-state index is 0.0877. The third-order valence-corrected chi connectivity index (χ3v) is 6.45. The van der Waals surface area contributed by atoms with Crippen LogP contribution in [-0.2, 0) is 24.3 Å². The van der Waals surface area contributed by atoms with E-state index in [1.807, 2.05) is 0 Å². The highest BCUT2D eigenvalue weighted by Crippen LogP contribution is 2.32. The monoisotopic (exact) mass is 426 g/mol. The lowest BCUT2D eigenvalue weighted by atomic mass is 10.2. The minimum atomic E-state index is -3.78. The molecule has 2 heterocycles. The summed E-state index contributed by atoms with van der Waals surface area (Å²) < 4.78 is 42.0. The maximum atomic E-state index is 12.2. The number of rotatable bonds is 7. The van der Waals surface area contributed by atoms with Crippen LogP contribution in [0.5, 0.6) is 11.5 Å². The Hall–Kier alpha value is -2.63. The van der Waals surface area contributed by atoms with Gasteiger partial charge in [0.1, 0.15) is 24.0 Å². The Bertz CT molecular complexity index is 958. The zero-order valence-electron chi connectivity index (χ0n) is 14.8. The van der Waals surface area contributed by atoms with Crippen LogP contribution in [0, 0.1) is 0 Å². The third-order valence-electron chi connectivity index (χ3n) is 3.65. The van der Waals surface area contributed by atoms with Gasteiger partial charge in [0.05, 0.1) is 0 Å². The molecule has 0 bridgehead atoms. The first kappa shape index (κ1) is 20.1. The largest absolute Gasteiger partial charge is 0.486 e. The molecule has 150 valence electrons.